The van der Waals surface area contributed by atoms with Crippen LogP contribution in [0.3, 0.4) is 0 Å². The first kappa shape index (κ1) is 24.3. The number of likely N-dealkylation sites (N-methyl/N-ethyl adjacent to an activating group) is 1. The molecule has 188 valence electrons. The summed E-state index contributed by atoms with van der Waals surface area (Å²) >= 11 is 0. The predicted octanol–water partition coefficient (Wildman–Crippen LogP) is 4.03. The first-order chi connectivity index (χ1) is 17.9. The van der Waals surface area contributed by atoms with Crippen molar-refractivity contribution in [3.63, 3.8) is 0 Å². The Labute approximate surface area is 216 Å². The Morgan fingerprint density at radius 1 is 0.892 bits per heavy atom. The smallest absolute Gasteiger partial charge is 0.257 e. The topological polar surface area (TPSA) is 93.8 Å². The Morgan fingerprint density at radius 3 is 2.35 bits per heavy atom. The van der Waals surface area contributed by atoms with E-state index >= 15 is 0 Å². The van der Waals surface area contributed by atoms with Gasteiger partial charge in [0.05, 0.1) is 5.57 Å². The molecule has 1 fully saturated rings. The summed E-state index contributed by atoms with van der Waals surface area (Å²) in [7, 11) is 2.14. The number of fused-ring (bicyclic) bond motifs is 1. The lowest BCUT2D eigenvalue weighted by atomic mass is 9.99. The highest BCUT2D eigenvalue weighted by atomic mass is 16.2. The number of benzene rings is 3. The molecule has 3 aromatic rings. The van der Waals surface area contributed by atoms with Crippen molar-refractivity contribution in [3.05, 3.63) is 89.6 Å². The molecule has 37 heavy (non-hydrogen) atoms. The minimum atomic E-state index is -0.228. The van der Waals surface area contributed by atoms with Crippen molar-refractivity contribution in [2.75, 3.05) is 54.1 Å². The number of nitrogens with zero attached hydrogens (tertiary/aromatic N) is 2. The third-order valence-corrected chi connectivity index (χ3v) is 6.63. The molecule has 5 rings (SSSR count). The van der Waals surface area contributed by atoms with Crippen LogP contribution in [0.5, 0.6) is 0 Å². The Morgan fingerprint density at radius 2 is 1.62 bits per heavy atom. The minimum Gasteiger partial charge on any atom is -0.369 e. The summed E-state index contributed by atoms with van der Waals surface area (Å²) in [4.78, 5) is 41.8. The summed E-state index contributed by atoms with van der Waals surface area (Å²) in [6.45, 7) is 5.54. The van der Waals surface area contributed by atoms with Crippen molar-refractivity contribution in [3.8, 4) is 0 Å². The van der Waals surface area contributed by atoms with E-state index in [4.69, 9.17) is 0 Å². The van der Waals surface area contributed by atoms with E-state index < -0.39 is 0 Å². The SMILES string of the molecule is CC(=O)Nc1cccc(C(=O)c2ccc3c(c2)NC(=O)C3=CNc2ccc(N3CCN(C)CC3)cc2)c1. The lowest BCUT2D eigenvalue weighted by molar-refractivity contribution is -0.114. The average Bonchev–Trinajstić information content (AvgIpc) is 3.21. The highest BCUT2D eigenvalue weighted by Gasteiger charge is 2.25. The fourth-order valence-electron chi connectivity index (χ4n) is 4.58. The van der Waals surface area contributed by atoms with E-state index in [9.17, 15) is 14.4 Å². The fraction of sp³-hybridized carbons (Fsp3) is 0.207. The number of carbonyl (C=O) groups excluding carboxylic acids is 3. The van der Waals surface area contributed by atoms with Gasteiger partial charge in [-0.05, 0) is 49.5 Å². The molecule has 0 bridgehead atoms. The zero-order valence-electron chi connectivity index (χ0n) is 20.9. The molecule has 2 heterocycles. The maximum absolute atomic E-state index is 13.1. The quantitative estimate of drug-likeness (QED) is 0.353. The van der Waals surface area contributed by atoms with Crippen LogP contribution < -0.4 is 20.9 Å². The molecule has 3 aromatic carbocycles. The molecular weight excluding hydrogens is 466 g/mol. The standard InChI is InChI=1S/C29H29N5O3/c1-19(35)31-23-5-3-4-20(16-23)28(36)21-6-11-25-26(29(37)32-27(25)17-21)18-30-22-7-9-24(10-8-22)34-14-12-33(2)13-15-34/h3-11,16-18,30H,12-15H2,1-2H3,(H,31,35)(H,32,37). The molecule has 8 nitrogen and oxygen atoms in total. The lowest BCUT2D eigenvalue weighted by Gasteiger charge is -2.34. The molecule has 0 atom stereocenters. The van der Waals surface area contributed by atoms with E-state index in [-0.39, 0.29) is 17.6 Å². The van der Waals surface area contributed by atoms with Crippen molar-refractivity contribution < 1.29 is 14.4 Å². The Kier molecular flexibility index (Phi) is 6.74. The van der Waals surface area contributed by atoms with E-state index in [1.54, 1.807) is 48.7 Å². The van der Waals surface area contributed by atoms with Crippen molar-refractivity contribution >= 4 is 45.9 Å². The Balaban J connectivity index is 1.29. The van der Waals surface area contributed by atoms with E-state index in [0.717, 1.165) is 37.4 Å². The first-order valence-corrected chi connectivity index (χ1v) is 12.3. The molecule has 0 aliphatic carbocycles. The number of ketones is 1. The molecule has 3 N–H and O–H groups in total. The fourth-order valence-corrected chi connectivity index (χ4v) is 4.58. The summed E-state index contributed by atoms with van der Waals surface area (Å²) in [5.41, 5.74) is 5.36. The number of rotatable bonds is 6. The number of carbonyl (C=O) groups is 3. The molecule has 1 saturated heterocycles. The maximum atomic E-state index is 13.1. The normalized spacial score (nSPS) is 16.3. The van der Waals surface area contributed by atoms with Crippen LogP contribution in [0.15, 0.2) is 72.9 Å². The van der Waals surface area contributed by atoms with Crippen LogP contribution in [-0.2, 0) is 9.59 Å². The highest BCUT2D eigenvalue weighted by Crippen LogP contribution is 2.33. The van der Waals surface area contributed by atoms with Gasteiger partial charge in [0.1, 0.15) is 0 Å². The van der Waals surface area contributed by atoms with Gasteiger partial charge in [0.2, 0.25) is 5.91 Å². The zero-order valence-corrected chi connectivity index (χ0v) is 20.9. The maximum Gasteiger partial charge on any atom is 0.257 e. The van der Waals surface area contributed by atoms with Crippen molar-refractivity contribution in [1.82, 2.24) is 4.90 Å². The highest BCUT2D eigenvalue weighted by molar-refractivity contribution is 6.32. The van der Waals surface area contributed by atoms with Crippen molar-refractivity contribution in [2.24, 2.45) is 0 Å². The second-order valence-corrected chi connectivity index (χ2v) is 9.35. The van der Waals surface area contributed by atoms with Crippen molar-refractivity contribution in [1.29, 1.82) is 0 Å². The minimum absolute atomic E-state index is 0.194. The number of nitrogens with one attached hydrogen (secondary N) is 3. The first-order valence-electron chi connectivity index (χ1n) is 12.3. The average molecular weight is 496 g/mol. The number of piperazine rings is 1. The molecule has 2 aliphatic rings. The van der Waals surface area contributed by atoms with Gasteiger partial charge in [-0.3, -0.25) is 14.4 Å². The number of anilines is 4. The molecular formula is C29H29N5O3. The molecule has 0 radical (unpaired) electrons. The molecule has 0 aromatic heterocycles. The van der Waals surface area contributed by atoms with Gasteiger partial charge in [-0.2, -0.15) is 0 Å². The summed E-state index contributed by atoms with van der Waals surface area (Å²) < 4.78 is 0. The van der Waals surface area contributed by atoms with Crippen LogP contribution in [0.1, 0.15) is 28.4 Å². The molecule has 2 aliphatic heterocycles. The Bertz CT molecular complexity index is 1390. The number of hydrogen-bond acceptors (Lipinski definition) is 6. The predicted molar refractivity (Wildman–Crippen MR) is 147 cm³/mol. The molecule has 8 heteroatoms. The van der Waals surface area contributed by atoms with Crippen LogP contribution in [-0.4, -0.2) is 55.7 Å². The van der Waals surface area contributed by atoms with Crippen LogP contribution in [0.25, 0.3) is 5.57 Å². The van der Waals surface area contributed by atoms with E-state index in [2.05, 4.69) is 44.9 Å². The van der Waals surface area contributed by atoms with E-state index in [0.29, 0.717) is 28.1 Å². The van der Waals surface area contributed by atoms with Gasteiger partial charge < -0.3 is 25.8 Å². The largest absolute Gasteiger partial charge is 0.369 e. The van der Waals surface area contributed by atoms with Gasteiger partial charge in [0.25, 0.3) is 5.91 Å². The number of hydrogen-bond donors (Lipinski definition) is 3. The van der Waals surface area contributed by atoms with Gasteiger partial charge in [-0.25, -0.2) is 0 Å². The zero-order chi connectivity index (χ0) is 25.9. The van der Waals surface area contributed by atoms with Crippen LogP contribution >= 0.6 is 0 Å². The van der Waals surface area contributed by atoms with Gasteiger partial charge >= 0.3 is 0 Å². The summed E-state index contributed by atoms with van der Waals surface area (Å²) in [6, 6.07) is 20.2. The van der Waals surface area contributed by atoms with Crippen LogP contribution in [0.2, 0.25) is 0 Å². The van der Waals surface area contributed by atoms with Crippen LogP contribution in [0, 0.1) is 0 Å². The van der Waals surface area contributed by atoms with Crippen molar-refractivity contribution in [2.45, 2.75) is 6.92 Å². The third-order valence-electron chi connectivity index (χ3n) is 6.63. The molecule has 0 spiro atoms. The van der Waals surface area contributed by atoms with E-state index in [1.165, 1.54) is 12.6 Å². The monoisotopic (exact) mass is 495 g/mol. The van der Waals surface area contributed by atoms with Crippen LogP contribution in [0.4, 0.5) is 22.7 Å². The van der Waals surface area contributed by atoms with Gasteiger partial charge in [-0.15, -0.1) is 0 Å². The third kappa shape index (κ3) is 5.39. The number of amides is 2. The second kappa shape index (κ2) is 10.3. The van der Waals surface area contributed by atoms with Gasteiger partial charge in [-0.1, -0.05) is 24.3 Å². The molecule has 0 saturated carbocycles. The van der Waals surface area contributed by atoms with E-state index in [1.807, 2.05) is 12.1 Å². The lowest BCUT2D eigenvalue weighted by Crippen LogP contribution is -2.44. The molecule has 0 unspecified atom stereocenters. The summed E-state index contributed by atoms with van der Waals surface area (Å²) in [6.07, 6.45) is 1.70. The Hall–Kier alpha value is -4.43. The summed E-state index contributed by atoms with van der Waals surface area (Å²) in [5, 5.41) is 8.77. The summed E-state index contributed by atoms with van der Waals surface area (Å²) in [5.74, 6) is -0.627. The molecule has 2 amide bonds. The van der Waals surface area contributed by atoms with Gasteiger partial charge in [0, 0.05) is 78.7 Å². The van der Waals surface area contributed by atoms with Gasteiger partial charge in [0.15, 0.2) is 5.78 Å². The second-order valence-electron chi connectivity index (χ2n) is 9.35.